The van der Waals surface area contributed by atoms with E-state index in [1.54, 1.807) is 26.0 Å². The number of halogens is 2. The normalized spacial score (nSPS) is 12.1. The summed E-state index contributed by atoms with van der Waals surface area (Å²) in [7, 11) is -4.13. The molecule has 0 saturated heterocycles. The van der Waals surface area contributed by atoms with Crippen LogP contribution in [0.15, 0.2) is 57.8 Å². The third-order valence-electron chi connectivity index (χ3n) is 3.84. The number of hydrogen-bond donors (Lipinski definition) is 0. The van der Waals surface area contributed by atoms with Gasteiger partial charge in [0.25, 0.3) is 0 Å². The summed E-state index contributed by atoms with van der Waals surface area (Å²) in [5, 5.41) is 7.99. The van der Waals surface area contributed by atoms with Gasteiger partial charge in [-0.2, -0.15) is 4.31 Å². The molecule has 27 heavy (non-hydrogen) atoms. The van der Waals surface area contributed by atoms with Crippen molar-refractivity contribution >= 4 is 21.6 Å². The Morgan fingerprint density at radius 2 is 1.85 bits per heavy atom. The minimum absolute atomic E-state index is 0.112. The molecule has 0 aliphatic carbocycles. The molecule has 0 N–H and O–H groups in total. The third-order valence-corrected chi connectivity index (χ3v) is 6.13. The van der Waals surface area contributed by atoms with Crippen molar-refractivity contribution in [3.05, 3.63) is 65.3 Å². The monoisotopic (exact) mass is 409 g/mol. The van der Waals surface area contributed by atoms with Crippen molar-refractivity contribution < 1.29 is 17.2 Å². The lowest BCUT2D eigenvalue weighted by molar-refractivity contribution is 0.311. The Kier molecular flexibility index (Phi) is 5.59. The predicted molar refractivity (Wildman–Crippen MR) is 99.0 cm³/mol. The van der Waals surface area contributed by atoms with Gasteiger partial charge in [0.15, 0.2) is 0 Å². The predicted octanol–water partition coefficient (Wildman–Crippen LogP) is 4.13. The van der Waals surface area contributed by atoms with E-state index < -0.39 is 26.8 Å². The lowest BCUT2D eigenvalue weighted by Crippen LogP contribution is -2.37. The van der Waals surface area contributed by atoms with Gasteiger partial charge < -0.3 is 4.42 Å². The Morgan fingerprint density at radius 3 is 2.48 bits per heavy atom. The summed E-state index contributed by atoms with van der Waals surface area (Å²) >= 11 is 5.72. The smallest absolute Gasteiger partial charge is 0.247 e. The summed E-state index contributed by atoms with van der Waals surface area (Å²) in [5.74, 6) is -0.520. The van der Waals surface area contributed by atoms with Gasteiger partial charge in [0, 0.05) is 16.6 Å². The first kappa shape index (κ1) is 19.5. The molecule has 6 nitrogen and oxygen atoms in total. The van der Waals surface area contributed by atoms with Crippen LogP contribution < -0.4 is 0 Å². The summed E-state index contributed by atoms with van der Waals surface area (Å²) in [4.78, 5) is -0.455. The molecule has 0 saturated carbocycles. The summed E-state index contributed by atoms with van der Waals surface area (Å²) in [5.41, 5.74) is 0.721. The maximum atomic E-state index is 14.2. The van der Waals surface area contributed by atoms with E-state index in [0.717, 1.165) is 22.0 Å². The Balaban J connectivity index is 1.91. The van der Waals surface area contributed by atoms with E-state index in [-0.39, 0.29) is 23.3 Å². The van der Waals surface area contributed by atoms with Crippen LogP contribution in [0.1, 0.15) is 19.7 Å². The molecule has 0 bridgehead atoms. The lowest BCUT2D eigenvalue weighted by Gasteiger charge is -2.24. The van der Waals surface area contributed by atoms with Gasteiger partial charge in [0.2, 0.25) is 21.8 Å². The van der Waals surface area contributed by atoms with Gasteiger partial charge in [-0.15, -0.1) is 10.2 Å². The molecule has 0 aliphatic rings. The van der Waals surface area contributed by atoms with Crippen molar-refractivity contribution in [2.75, 3.05) is 0 Å². The number of aromatic nitrogens is 2. The highest BCUT2D eigenvalue weighted by Crippen LogP contribution is 2.26. The highest BCUT2D eigenvalue weighted by atomic mass is 35.5. The fraction of sp³-hybridized carbons (Fsp3) is 0.222. The number of nitrogens with zero attached hydrogens (tertiary/aromatic N) is 3. The summed E-state index contributed by atoms with van der Waals surface area (Å²) < 4.78 is 46.8. The van der Waals surface area contributed by atoms with Crippen LogP contribution in [-0.2, 0) is 16.6 Å². The first-order valence-electron chi connectivity index (χ1n) is 8.13. The van der Waals surface area contributed by atoms with Gasteiger partial charge >= 0.3 is 0 Å². The molecular weight excluding hydrogens is 393 g/mol. The Bertz CT molecular complexity index is 1040. The zero-order valence-corrected chi connectivity index (χ0v) is 16.2. The second-order valence-corrected chi connectivity index (χ2v) is 8.38. The van der Waals surface area contributed by atoms with Crippen LogP contribution in [0.5, 0.6) is 0 Å². The summed E-state index contributed by atoms with van der Waals surface area (Å²) in [6, 6.07) is 12.1. The quantitative estimate of drug-likeness (QED) is 0.611. The standard InChI is InChI=1S/C18H17ClFN3O3S/c1-12(2)23(27(24,25)16-9-8-14(19)10-15(16)20)11-17-21-22-18(26-17)13-6-4-3-5-7-13/h3-10,12H,11H2,1-2H3. The first-order chi connectivity index (χ1) is 12.8. The van der Waals surface area contributed by atoms with Crippen molar-refractivity contribution in [1.82, 2.24) is 14.5 Å². The molecule has 0 aliphatic heterocycles. The van der Waals surface area contributed by atoms with Gasteiger partial charge in [-0.3, -0.25) is 0 Å². The molecule has 0 radical (unpaired) electrons. The van der Waals surface area contributed by atoms with Crippen LogP contribution in [0, 0.1) is 5.82 Å². The number of hydrogen-bond acceptors (Lipinski definition) is 5. The van der Waals surface area contributed by atoms with E-state index in [1.807, 2.05) is 18.2 Å². The minimum Gasteiger partial charge on any atom is -0.419 e. The highest BCUT2D eigenvalue weighted by molar-refractivity contribution is 7.89. The molecule has 1 heterocycles. The average molecular weight is 410 g/mol. The molecular formula is C18H17ClFN3O3S. The third kappa shape index (κ3) is 4.18. The van der Waals surface area contributed by atoms with E-state index in [4.69, 9.17) is 16.0 Å². The highest BCUT2D eigenvalue weighted by Gasteiger charge is 2.31. The molecule has 0 spiro atoms. The fourth-order valence-corrected chi connectivity index (χ4v) is 4.30. The lowest BCUT2D eigenvalue weighted by atomic mass is 10.2. The maximum Gasteiger partial charge on any atom is 0.247 e. The van der Waals surface area contributed by atoms with Crippen LogP contribution in [-0.4, -0.2) is 29.0 Å². The van der Waals surface area contributed by atoms with Crippen LogP contribution in [0.4, 0.5) is 4.39 Å². The SMILES string of the molecule is CC(C)N(Cc1nnc(-c2ccccc2)o1)S(=O)(=O)c1ccc(Cl)cc1F. The molecule has 142 valence electrons. The van der Waals surface area contributed by atoms with Gasteiger partial charge in [-0.05, 0) is 44.2 Å². The maximum absolute atomic E-state index is 14.2. The zero-order chi connectivity index (χ0) is 19.6. The van der Waals surface area contributed by atoms with Crippen LogP contribution >= 0.6 is 11.6 Å². The summed E-state index contributed by atoms with van der Waals surface area (Å²) in [6.45, 7) is 3.18. The molecule has 1 aromatic heterocycles. The van der Waals surface area contributed by atoms with Crippen molar-refractivity contribution in [2.24, 2.45) is 0 Å². The molecule has 0 amide bonds. The number of sulfonamides is 1. The first-order valence-corrected chi connectivity index (χ1v) is 9.95. The Labute approximate surface area is 161 Å². The van der Waals surface area contributed by atoms with E-state index in [9.17, 15) is 12.8 Å². The largest absolute Gasteiger partial charge is 0.419 e. The van der Waals surface area contributed by atoms with Crippen LogP contribution in [0.2, 0.25) is 5.02 Å². The number of rotatable bonds is 6. The van der Waals surface area contributed by atoms with E-state index >= 15 is 0 Å². The van der Waals surface area contributed by atoms with E-state index in [1.165, 1.54) is 6.07 Å². The van der Waals surface area contributed by atoms with Gasteiger partial charge in [-0.1, -0.05) is 29.8 Å². The molecule has 0 unspecified atom stereocenters. The van der Waals surface area contributed by atoms with Crippen molar-refractivity contribution in [3.8, 4) is 11.5 Å². The van der Waals surface area contributed by atoms with Crippen LogP contribution in [0.25, 0.3) is 11.5 Å². The molecule has 3 aromatic rings. The van der Waals surface area contributed by atoms with E-state index in [0.29, 0.717) is 0 Å². The zero-order valence-electron chi connectivity index (χ0n) is 14.6. The van der Waals surface area contributed by atoms with Crippen molar-refractivity contribution in [1.29, 1.82) is 0 Å². The average Bonchev–Trinajstić information content (AvgIpc) is 3.08. The Morgan fingerprint density at radius 1 is 1.15 bits per heavy atom. The topological polar surface area (TPSA) is 76.3 Å². The van der Waals surface area contributed by atoms with Gasteiger partial charge in [0.1, 0.15) is 10.7 Å². The fourth-order valence-electron chi connectivity index (χ4n) is 2.50. The van der Waals surface area contributed by atoms with Crippen molar-refractivity contribution in [3.63, 3.8) is 0 Å². The molecule has 0 atom stereocenters. The second-order valence-electron chi connectivity index (χ2n) is 6.09. The molecule has 3 rings (SSSR count). The van der Waals surface area contributed by atoms with Crippen LogP contribution in [0.3, 0.4) is 0 Å². The van der Waals surface area contributed by atoms with Crippen molar-refractivity contribution in [2.45, 2.75) is 31.3 Å². The molecule has 2 aromatic carbocycles. The summed E-state index contributed by atoms with van der Waals surface area (Å²) in [6.07, 6.45) is 0. The number of benzene rings is 2. The van der Waals surface area contributed by atoms with Gasteiger partial charge in [0.05, 0.1) is 6.54 Å². The second kappa shape index (κ2) is 7.75. The molecule has 0 fully saturated rings. The minimum atomic E-state index is -4.13. The van der Waals surface area contributed by atoms with Gasteiger partial charge in [-0.25, -0.2) is 12.8 Å². The van der Waals surface area contributed by atoms with E-state index in [2.05, 4.69) is 10.2 Å². The Hall–Kier alpha value is -2.29. The molecule has 9 heteroatoms.